The first-order valence-electron chi connectivity index (χ1n) is 17.2. The molecule has 2 aromatic carbocycles. The zero-order valence-electron chi connectivity index (χ0n) is 27.5. The van der Waals surface area contributed by atoms with Gasteiger partial charge in [-0.2, -0.15) is 0 Å². The molecule has 3 heterocycles. The molecule has 8 atom stereocenters. The van der Waals surface area contributed by atoms with Gasteiger partial charge in [0, 0.05) is 55.0 Å². The lowest BCUT2D eigenvalue weighted by atomic mass is 9.74. The van der Waals surface area contributed by atoms with Gasteiger partial charge in [-0.1, -0.05) is 45.9 Å². The van der Waals surface area contributed by atoms with E-state index in [2.05, 4.69) is 17.1 Å². The van der Waals surface area contributed by atoms with Gasteiger partial charge in [-0.15, -0.1) is 0 Å². The van der Waals surface area contributed by atoms with E-state index in [1.54, 1.807) is 24.5 Å². The minimum absolute atomic E-state index is 0.00629. The lowest BCUT2D eigenvalue weighted by molar-refractivity contribution is -0.177. The largest absolute Gasteiger partial charge is 0.504 e. The standard InChI is InChI=1S/C38H43NO8S2/c1-22(40)45-33-19-32(26-17-31(42)37(43)35(18-26)44-13-11-23-5-3-12-39-20-23)47-38-28(33)8-10-36-29(38)15-24-7-9-30(41)34(16-24)46-27-6-2-4-25(14-27)21-48-49-36/h3,5,7-10,12,16-18,20,25,27-29,32-33,36,38,41-43H,2,4,6,11,13-15,19,21H2,1H3. The first kappa shape index (κ1) is 33.9. The van der Waals surface area contributed by atoms with Crippen LogP contribution in [0.25, 0.3) is 0 Å². The van der Waals surface area contributed by atoms with Crippen molar-refractivity contribution >= 4 is 27.6 Å². The lowest BCUT2D eigenvalue weighted by Gasteiger charge is -2.47. The second-order valence-corrected chi connectivity index (χ2v) is 16.2. The van der Waals surface area contributed by atoms with E-state index in [9.17, 15) is 20.1 Å². The molecule has 3 aromatic rings. The van der Waals surface area contributed by atoms with Crippen LogP contribution >= 0.6 is 21.6 Å². The highest BCUT2D eigenvalue weighted by molar-refractivity contribution is 8.77. The molecule has 260 valence electrons. The van der Waals surface area contributed by atoms with Crippen molar-refractivity contribution in [1.82, 2.24) is 4.98 Å². The van der Waals surface area contributed by atoms with Gasteiger partial charge in [-0.25, -0.2) is 0 Å². The van der Waals surface area contributed by atoms with Gasteiger partial charge >= 0.3 is 5.97 Å². The molecule has 9 nitrogen and oxygen atoms in total. The number of hydrogen-bond acceptors (Lipinski definition) is 11. The van der Waals surface area contributed by atoms with Crippen LogP contribution in [0.1, 0.15) is 61.8 Å². The number of nitrogens with zero attached hydrogens (tertiary/aromatic N) is 1. The fraction of sp³-hybridized carbons (Fsp3) is 0.474. The molecular weight excluding hydrogens is 663 g/mol. The third-order valence-corrected chi connectivity index (χ3v) is 13.0. The molecule has 3 N–H and O–H groups in total. The number of ether oxygens (including phenoxy) is 4. The number of carbonyl (C=O) groups is 1. The van der Waals surface area contributed by atoms with Gasteiger partial charge in [0.25, 0.3) is 0 Å². The summed E-state index contributed by atoms with van der Waals surface area (Å²) in [4.78, 5) is 16.5. The topological polar surface area (TPSA) is 128 Å². The number of pyridine rings is 1. The summed E-state index contributed by atoms with van der Waals surface area (Å²) in [5.41, 5.74) is 2.66. The Kier molecular flexibility index (Phi) is 10.5. The minimum Gasteiger partial charge on any atom is -0.504 e. The van der Waals surface area contributed by atoms with Crippen molar-refractivity contribution in [2.24, 2.45) is 17.8 Å². The Morgan fingerprint density at radius 2 is 1.96 bits per heavy atom. The molecule has 0 amide bonds. The quantitative estimate of drug-likeness (QED) is 0.103. The summed E-state index contributed by atoms with van der Waals surface area (Å²) in [7, 11) is 3.78. The fourth-order valence-electron chi connectivity index (χ4n) is 7.67. The average Bonchev–Trinajstić information content (AvgIpc) is 3.09. The van der Waals surface area contributed by atoms with E-state index in [-0.39, 0.29) is 64.9 Å². The van der Waals surface area contributed by atoms with Crippen molar-refractivity contribution in [3.8, 4) is 28.7 Å². The van der Waals surface area contributed by atoms with E-state index in [0.717, 1.165) is 36.1 Å². The molecule has 0 spiro atoms. The summed E-state index contributed by atoms with van der Waals surface area (Å²) in [6.45, 7) is 1.70. The molecule has 1 aromatic heterocycles. The maximum atomic E-state index is 12.4. The van der Waals surface area contributed by atoms with E-state index in [1.807, 2.05) is 45.9 Å². The van der Waals surface area contributed by atoms with Gasteiger partial charge < -0.3 is 34.3 Å². The van der Waals surface area contributed by atoms with Gasteiger partial charge in [0.2, 0.25) is 5.75 Å². The van der Waals surface area contributed by atoms with Crippen molar-refractivity contribution in [2.75, 3.05) is 12.4 Å². The zero-order valence-corrected chi connectivity index (χ0v) is 29.1. The smallest absolute Gasteiger partial charge is 0.302 e. The summed E-state index contributed by atoms with van der Waals surface area (Å²) in [5.74, 6) is 1.24. The summed E-state index contributed by atoms with van der Waals surface area (Å²) in [5, 5.41) is 32.4. The lowest BCUT2D eigenvalue weighted by Crippen LogP contribution is -2.50. The number of fused-ring (bicyclic) bond motifs is 7. The number of aromatic nitrogens is 1. The molecule has 2 aliphatic carbocycles. The number of hydrogen-bond donors (Lipinski definition) is 3. The summed E-state index contributed by atoms with van der Waals surface area (Å²) in [6, 6.07) is 12.7. The highest BCUT2D eigenvalue weighted by Crippen LogP contribution is 2.50. The van der Waals surface area contributed by atoms with Gasteiger partial charge in [-0.3, -0.25) is 9.78 Å². The Bertz CT molecular complexity index is 1650. The van der Waals surface area contributed by atoms with Crippen LogP contribution in [0.2, 0.25) is 0 Å². The molecule has 4 aliphatic rings. The third kappa shape index (κ3) is 7.94. The molecule has 7 rings (SSSR count). The zero-order chi connectivity index (χ0) is 33.9. The third-order valence-electron chi connectivity index (χ3n) is 10.1. The van der Waals surface area contributed by atoms with Crippen LogP contribution in [0.5, 0.6) is 28.7 Å². The van der Waals surface area contributed by atoms with E-state index in [0.29, 0.717) is 36.5 Å². The van der Waals surface area contributed by atoms with Crippen molar-refractivity contribution in [2.45, 2.75) is 81.5 Å². The molecule has 49 heavy (non-hydrogen) atoms. The van der Waals surface area contributed by atoms with Crippen LogP contribution in [-0.4, -0.2) is 62.2 Å². The SMILES string of the molecule is CC(=O)OC1CC(c2cc(O)c(O)c(OCCc3cccnc3)c2)OC2C1C=CC1SSCC3CCCC(C3)Oc3cc(ccc3O)CC12. The number of esters is 1. The monoisotopic (exact) mass is 705 g/mol. The summed E-state index contributed by atoms with van der Waals surface area (Å²) < 4.78 is 25.3. The fourth-order valence-corrected chi connectivity index (χ4v) is 10.9. The Morgan fingerprint density at radius 1 is 1.06 bits per heavy atom. The number of carbonyl (C=O) groups excluding carboxylic acids is 1. The molecular formula is C38H43NO8S2. The molecule has 1 saturated carbocycles. The van der Waals surface area contributed by atoms with Gasteiger partial charge in [0.1, 0.15) is 6.10 Å². The molecule has 2 aliphatic heterocycles. The maximum absolute atomic E-state index is 12.4. The van der Waals surface area contributed by atoms with E-state index in [4.69, 9.17) is 18.9 Å². The molecule has 11 heteroatoms. The molecule has 0 radical (unpaired) electrons. The highest BCUT2D eigenvalue weighted by Gasteiger charge is 2.48. The number of benzene rings is 2. The number of aromatic hydroxyl groups is 3. The van der Waals surface area contributed by atoms with Crippen molar-refractivity contribution in [3.05, 3.63) is 83.7 Å². The number of phenolic OH excluding ortho intramolecular Hbond substituents is 3. The van der Waals surface area contributed by atoms with Gasteiger partial charge in [-0.05, 0) is 85.0 Å². The van der Waals surface area contributed by atoms with Crippen molar-refractivity contribution in [3.63, 3.8) is 0 Å². The molecule has 4 bridgehead atoms. The van der Waals surface area contributed by atoms with Crippen LogP contribution in [-0.2, 0) is 27.1 Å². The first-order valence-corrected chi connectivity index (χ1v) is 19.5. The Hall–Kier alpha value is -3.54. The summed E-state index contributed by atoms with van der Waals surface area (Å²) >= 11 is 0. The normalized spacial score (nSPS) is 29.5. The van der Waals surface area contributed by atoms with Gasteiger partial charge in [0.15, 0.2) is 23.0 Å². The van der Waals surface area contributed by atoms with Crippen LogP contribution in [0, 0.1) is 17.8 Å². The molecule has 8 unspecified atom stereocenters. The molecule has 2 fully saturated rings. The van der Waals surface area contributed by atoms with Crippen molar-refractivity contribution in [1.29, 1.82) is 0 Å². The van der Waals surface area contributed by atoms with Crippen molar-refractivity contribution < 1.29 is 39.1 Å². The Balaban J connectivity index is 1.19. The predicted octanol–water partition coefficient (Wildman–Crippen LogP) is 7.33. The first-order chi connectivity index (χ1) is 23.8. The van der Waals surface area contributed by atoms with E-state index < -0.39 is 12.2 Å². The second kappa shape index (κ2) is 15.1. The highest BCUT2D eigenvalue weighted by atomic mass is 33.1. The Labute approximate surface area is 294 Å². The van der Waals surface area contributed by atoms with Crippen LogP contribution in [0.4, 0.5) is 0 Å². The number of phenols is 3. The Morgan fingerprint density at radius 3 is 2.80 bits per heavy atom. The minimum atomic E-state index is -0.537. The predicted molar refractivity (Wildman–Crippen MR) is 189 cm³/mol. The number of rotatable bonds is 6. The second-order valence-electron chi connectivity index (χ2n) is 13.6. The van der Waals surface area contributed by atoms with Crippen LogP contribution < -0.4 is 9.47 Å². The van der Waals surface area contributed by atoms with E-state index in [1.165, 1.54) is 19.4 Å². The van der Waals surface area contributed by atoms with Crippen LogP contribution in [0.15, 0.2) is 67.0 Å². The van der Waals surface area contributed by atoms with Crippen LogP contribution in [0.3, 0.4) is 0 Å². The van der Waals surface area contributed by atoms with Gasteiger partial charge in [0.05, 0.1) is 24.9 Å². The molecule has 1 saturated heterocycles. The summed E-state index contributed by atoms with van der Waals surface area (Å²) in [6.07, 6.45) is 12.6. The average molecular weight is 706 g/mol. The van der Waals surface area contributed by atoms with E-state index >= 15 is 0 Å². The maximum Gasteiger partial charge on any atom is 0.302 e.